The number of rotatable bonds is 23. The molecule has 1 aliphatic carbocycles. The summed E-state index contributed by atoms with van der Waals surface area (Å²) in [5.74, 6) is -8.62. The Morgan fingerprint density at radius 3 is 1.42 bits per heavy atom. The van der Waals surface area contributed by atoms with Gasteiger partial charge in [0.05, 0.1) is 54.1 Å². The molecule has 1 spiro atoms. The van der Waals surface area contributed by atoms with Gasteiger partial charge in [-0.3, -0.25) is 24.0 Å². The van der Waals surface area contributed by atoms with Gasteiger partial charge in [-0.05, 0) is 132 Å². The van der Waals surface area contributed by atoms with Crippen molar-refractivity contribution in [3.05, 3.63) is 35.4 Å². The van der Waals surface area contributed by atoms with Crippen LogP contribution in [0.15, 0.2) is 24.3 Å². The van der Waals surface area contributed by atoms with Crippen LogP contribution in [-0.2, 0) is 106 Å². The normalized spacial score (nSPS) is 28.2. The second-order valence-electron chi connectivity index (χ2n) is 30.6. The summed E-state index contributed by atoms with van der Waals surface area (Å²) in [6, 6.07) is 6.81. The van der Waals surface area contributed by atoms with Gasteiger partial charge in [-0.25, -0.2) is 14.4 Å². The van der Waals surface area contributed by atoms with Gasteiger partial charge in [0.1, 0.15) is 12.2 Å². The Morgan fingerprint density at radius 2 is 1.00 bits per heavy atom. The Balaban J connectivity index is 0.000000266. The van der Waals surface area contributed by atoms with Gasteiger partial charge in [0, 0.05) is 18.4 Å². The van der Waals surface area contributed by atoms with Crippen LogP contribution in [0.5, 0.6) is 0 Å². The molecule has 13 unspecified atom stereocenters. The predicted octanol–water partition coefficient (Wildman–Crippen LogP) is 13.7. The van der Waals surface area contributed by atoms with Crippen LogP contribution >= 0.6 is 0 Å². The van der Waals surface area contributed by atoms with Gasteiger partial charge in [0.15, 0.2) is 54.7 Å². The number of halogens is 9. The standard InChI is InChI=1S/C25H34O9Si.C22H26F6O9.C14H28O2.C9H15F3O2/c1-8-24(2,3)23(28)32-18-16-17(30-21(18)27)19-22(31-16)34-25(4,33-19)15-11-9-14(10-12-15)20(26)29-13-35(5,6)7;1-4-19(2,3)18(31)34-12-10-11(32-15(12)30)13-16(33-10)37-20(36-13)7-5-9(6-8-20)14(29)35-17(21(23,24)25)22(26,27)28;1-6-9-10-12(7-2)11-16-13(15)14(4,5)8-3;1-5-8(3,4)7(13)14-6(2)9(10,11)12/h9-12,16-19,22H,8,13H2,1-7H3;9-13,16-17H,4-8H2,1-3H3;12H,6-11H2,1-5H3;6H,5H2,1-4H3. The first kappa shape index (κ1) is 87.0. The molecule has 1 saturated carbocycles. The first-order valence-electron chi connectivity index (χ1n) is 34.7. The maximum absolute atomic E-state index is 12.7. The molecule has 0 amide bonds. The fourth-order valence-electron chi connectivity index (χ4n) is 10.7. The Bertz CT molecular complexity index is 3030. The van der Waals surface area contributed by atoms with Gasteiger partial charge in [0.2, 0.25) is 12.2 Å². The van der Waals surface area contributed by atoms with Gasteiger partial charge >= 0.3 is 66.3 Å². The number of ether oxygens (including phenoxy) is 14. The van der Waals surface area contributed by atoms with E-state index in [4.69, 9.17) is 56.8 Å². The number of carbonyl (C=O) groups excluding carboxylic acids is 8. The van der Waals surface area contributed by atoms with Crippen molar-refractivity contribution in [2.24, 2.45) is 33.5 Å². The zero-order chi connectivity index (χ0) is 77.5. The van der Waals surface area contributed by atoms with E-state index in [1.54, 1.807) is 86.6 Å². The van der Waals surface area contributed by atoms with Crippen molar-refractivity contribution in [3.8, 4) is 0 Å². The van der Waals surface area contributed by atoms with E-state index in [2.05, 4.69) is 43.0 Å². The summed E-state index contributed by atoms with van der Waals surface area (Å²) in [5.41, 5.74) is -1.65. The van der Waals surface area contributed by atoms with Crippen LogP contribution in [0.3, 0.4) is 0 Å². The Labute approximate surface area is 591 Å². The third-order valence-electron chi connectivity index (χ3n) is 19.5. The molecule has 582 valence electrons. The van der Waals surface area contributed by atoms with E-state index in [0.29, 0.717) is 49.1 Å². The average molecular weight is 1500 g/mol. The topological polar surface area (TPSA) is 266 Å². The highest BCUT2D eigenvalue weighted by Gasteiger charge is 2.68. The highest BCUT2D eigenvalue weighted by atomic mass is 28.3. The molecular weight excluding hydrogens is 1390 g/mol. The zero-order valence-corrected chi connectivity index (χ0v) is 62.7. The molecule has 6 aliphatic heterocycles. The number of carbonyl (C=O) groups is 8. The number of fused-ring (bicyclic) bond motifs is 6. The number of esters is 8. The Morgan fingerprint density at radius 1 is 0.559 bits per heavy atom. The van der Waals surface area contributed by atoms with Crippen LogP contribution < -0.4 is 0 Å². The van der Waals surface area contributed by atoms with Crippen molar-refractivity contribution < 1.29 is 144 Å². The van der Waals surface area contributed by atoms with E-state index in [-0.39, 0.29) is 43.0 Å². The zero-order valence-electron chi connectivity index (χ0n) is 61.7. The predicted molar refractivity (Wildman–Crippen MR) is 345 cm³/mol. The second-order valence-corrected chi connectivity index (χ2v) is 36.0. The molecule has 0 N–H and O–H groups in total. The molecule has 0 radical (unpaired) electrons. The SMILES string of the molecule is CCC(C)(C)C(=O)OC(C)C(F)(F)F.CCC(C)(C)C(=O)OC1C(=O)OC2C3OC(C)(c4ccc(C(=O)OC[Si](C)(C)C)cc4)OC3OC12.CCC(C)(C)C(=O)OC1C(=O)OC2C3OC4(CCC(C(=O)OC(C(F)(F)F)C(F)(F)F)CC4)OC3OC12.CCCCC(CC)COC(=O)C(C)(C)CC. The summed E-state index contributed by atoms with van der Waals surface area (Å²) in [7, 11) is -1.51. The molecule has 0 aromatic heterocycles. The number of hydrogen-bond donors (Lipinski definition) is 0. The maximum Gasteiger partial charge on any atom is 0.434 e. The van der Waals surface area contributed by atoms with Crippen LogP contribution in [0.25, 0.3) is 0 Å². The van der Waals surface area contributed by atoms with Crippen LogP contribution in [0.4, 0.5) is 39.5 Å². The highest BCUT2D eigenvalue weighted by molar-refractivity contribution is 6.76. The molecule has 102 heavy (non-hydrogen) atoms. The molecule has 7 fully saturated rings. The minimum absolute atomic E-state index is 0.0510. The summed E-state index contributed by atoms with van der Waals surface area (Å²) in [6.07, 6.45) is -24.7. The van der Waals surface area contributed by atoms with E-state index < -0.39 is 170 Å². The van der Waals surface area contributed by atoms with Crippen LogP contribution in [0, 0.1) is 33.5 Å². The largest absolute Gasteiger partial charge is 0.466 e. The number of alkyl halides is 9. The average Bonchev–Trinajstić information content (AvgIpc) is 1.58. The van der Waals surface area contributed by atoms with Gasteiger partial charge in [-0.2, -0.15) is 39.5 Å². The fraction of sp³-hybridized carbons (Fsp3) is 0.800. The van der Waals surface area contributed by atoms with Crippen molar-refractivity contribution in [2.75, 3.05) is 12.8 Å². The minimum Gasteiger partial charge on any atom is -0.466 e. The first-order valence-corrected chi connectivity index (χ1v) is 38.4. The van der Waals surface area contributed by atoms with Gasteiger partial charge < -0.3 is 66.3 Å². The lowest BCUT2D eigenvalue weighted by Crippen LogP contribution is -2.47. The summed E-state index contributed by atoms with van der Waals surface area (Å²) >= 11 is 0. The molecule has 32 heteroatoms. The molecular formula is C70H103F9O22Si. The van der Waals surface area contributed by atoms with Gasteiger partial charge in [-0.1, -0.05) is 92.6 Å². The maximum atomic E-state index is 12.7. The smallest absolute Gasteiger partial charge is 0.434 e. The molecule has 22 nitrogen and oxygen atoms in total. The summed E-state index contributed by atoms with van der Waals surface area (Å²) in [4.78, 5) is 97.2. The van der Waals surface area contributed by atoms with E-state index in [1.807, 2.05) is 27.7 Å². The minimum atomic E-state index is -5.80. The Hall–Kier alpha value is -5.67. The van der Waals surface area contributed by atoms with Crippen molar-refractivity contribution in [3.63, 3.8) is 0 Å². The van der Waals surface area contributed by atoms with Crippen molar-refractivity contribution in [2.45, 2.75) is 311 Å². The van der Waals surface area contributed by atoms with Crippen LogP contribution in [-0.4, -0.2) is 167 Å². The quantitative estimate of drug-likeness (QED) is 0.0426. The van der Waals surface area contributed by atoms with Crippen molar-refractivity contribution in [1.82, 2.24) is 0 Å². The van der Waals surface area contributed by atoms with Crippen LogP contribution in [0.1, 0.15) is 204 Å². The molecule has 1 aromatic rings. The summed E-state index contributed by atoms with van der Waals surface area (Å²) in [5, 5.41) is 0. The highest BCUT2D eigenvalue weighted by Crippen LogP contribution is 2.51. The Kier molecular flexibility index (Phi) is 28.8. The third-order valence-corrected chi connectivity index (χ3v) is 20.5. The third kappa shape index (κ3) is 22.0. The molecule has 8 rings (SSSR count). The lowest BCUT2D eigenvalue weighted by atomic mass is 9.85. The lowest BCUT2D eigenvalue weighted by Gasteiger charge is -2.36. The molecule has 6 saturated heterocycles. The molecule has 6 heterocycles. The number of benzene rings is 1. The lowest BCUT2D eigenvalue weighted by molar-refractivity contribution is -0.315. The van der Waals surface area contributed by atoms with Gasteiger partial charge in [0.25, 0.3) is 6.10 Å². The van der Waals surface area contributed by atoms with Crippen molar-refractivity contribution in [1.29, 1.82) is 0 Å². The first-order chi connectivity index (χ1) is 46.8. The fourth-order valence-corrected chi connectivity index (χ4v) is 11.2. The van der Waals surface area contributed by atoms with Crippen molar-refractivity contribution >= 4 is 55.8 Å². The summed E-state index contributed by atoms with van der Waals surface area (Å²) < 4.78 is 189. The van der Waals surface area contributed by atoms with E-state index in [9.17, 15) is 77.9 Å². The number of unbranched alkanes of at least 4 members (excludes halogenated alkanes) is 1. The molecule has 13 atom stereocenters. The molecule has 1 aromatic carbocycles. The summed E-state index contributed by atoms with van der Waals surface area (Å²) in [6.45, 7) is 35.1. The van der Waals surface area contributed by atoms with E-state index in [0.717, 1.165) is 19.8 Å². The van der Waals surface area contributed by atoms with Crippen LogP contribution in [0.2, 0.25) is 19.6 Å². The van der Waals surface area contributed by atoms with E-state index >= 15 is 0 Å². The van der Waals surface area contributed by atoms with Gasteiger partial charge in [-0.15, -0.1) is 0 Å². The molecule has 7 aliphatic rings. The monoisotopic (exact) mass is 1490 g/mol. The second kappa shape index (κ2) is 33.8. The molecule has 0 bridgehead atoms. The van der Waals surface area contributed by atoms with E-state index in [1.165, 1.54) is 19.3 Å². The number of hydrogen-bond acceptors (Lipinski definition) is 22.